The zero-order valence-corrected chi connectivity index (χ0v) is 17.2. The fourth-order valence-electron chi connectivity index (χ4n) is 6.27. The minimum absolute atomic E-state index is 0.117. The van der Waals surface area contributed by atoms with Gasteiger partial charge in [-0.3, -0.25) is 4.79 Å². The van der Waals surface area contributed by atoms with Crippen molar-refractivity contribution in [3.8, 4) is 6.07 Å². The molecule has 4 fully saturated rings. The Bertz CT molecular complexity index is 813. The summed E-state index contributed by atoms with van der Waals surface area (Å²) in [6.07, 6.45) is 9.44. The summed E-state index contributed by atoms with van der Waals surface area (Å²) in [5, 5.41) is 15.8. The summed E-state index contributed by atoms with van der Waals surface area (Å²) in [5.74, 6) is 2.29. The molecule has 0 radical (unpaired) electrons. The first kappa shape index (κ1) is 19.1. The maximum Gasteiger partial charge on any atom is 0.263 e. The quantitative estimate of drug-likeness (QED) is 0.570. The van der Waals surface area contributed by atoms with Crippen molar-refractivity contribution < 1.29 is 4.79 Å². The molecule has 0 spiro atoms. The highest BCUT2D eigenvalue weighted by atomic mass is 16.1. The maximum atomic E-state index is 12.8. The first-order valence-electron chi connectivity index (χ1n) is 10.6. The molecule has 4 aliphatic rings. The monoisotopic (exact) mass is 377 g/mol. The molecule has 4 saturated carbocycles. The second-order valence-electron chi connectivity index (χ2n) is 9.59. The normalized spacial score (nSPS) is 31.9. The van der Waals surface area contributed by atoms with E-state index in [9.17, 15) is 10.1 Å². The molecule has 1 amide bonds. The van der Waals surface area contributed by atoms with Gasteiger partial charge in [0.25, 0.3) is 5.91 Å². The summed E-state index contributed by atoms with van der Waals surface area (Å²) in [5.41, 5.74) is 3.66. The maximum absolute atomic E-state index is 12.8. The summed E-state index contributed by atoms with van der Waals surface area (Å²) in [7, 11) is 0. The van der Waals surface area contributed by atoms with Crippen molar-refractivity contribution in [3.05, 3.63) is 41.1 Å². The SMILES string of the molecule is Cc1ccc(N/C=C(/C#N)C(=O)NC(C)C23CC4CC(CC(C4)C2)C3)cc1C. The Hall–Kier alpha value is -2.28. The number of anilines is 1. The number of nitrogens with zero attached hydrogens (tertiary/aromatic N) is 1. The molecule has 4 aliphatic carbocycles. The van der Waals surface area contributed by atoms with E-state index < -0.39 is 0 Å². The Labute approximate surface area is 168 Å². The fourth-order valence-corrected chi connectivity index (χ4v) is 6.27. The van der Waals surface area contributed by atoms with Gasteiger partial charge in [0.15, 0.2) is 0 Å². The summed E-state index contributed by atoms with van der Waals surface area (Å²) in [6, 6.07) is 8.20. The molecule has 0 saturated heterocycles. The van der Waals surface area contributed by atoms with Gasteiger partial charge in [0, 0.05) is 17.9 Å². The second kappa shape index (κ2) is 7.28. The summed E-state index contributed by atoms with van der Waals surface area (Å²) >= 11 is 0. The number of rotatable bonds is 5. The van der Waals surface area contributed by atoms with Crippen LogP contribution in [0.1, 0.15) is 56.6 Å². The standard InChI is InChI=1S/C24H31N3O/c1-15-4-5-22(6-16(15)2)26-14-21(13-25)23(28)27-17(3)24-10-18-7-19(11-24)9-20(8-18)12-24/h4-6,14,17-20,26H,7-12H2,1-3H3,(H,27,28)/b21-14-. The molecule has 2 N–H and O–H groups in total. The van der Waals surface area contributed by atoms with E-state index >= 15 is 0 Å². The highest BCUT2D eigenvalue weighted by molar-refractivity contribution is 5.97. The third-order valence-corrected chi connectivity index (χ3v) is 7.61. The number of nitriles is 1. The van der Waals surface area contributed by atoms with Gasteiger partial charge < -0.3 is 10.6 Å². The van der Waals surface area contributed by atoms with E-state index in [0.717, 1.165) is 23.4 Å². The molecule has 1 aromatic carbocycles. The van der Waals surface area contributed by atoms with Crippen LogP contribution >= 0.6 is 0 Å². The number of aryl methyl sites for hydroxylation is 2. The lowest BCUT2D eigenvalue weighted by atomic mass is 9.48. The average molecular weight is 378 g/mol. The van der Waals surface area contributed by atoms with E-state index in [0.29, 0.717) is 0 Å². The molecule has 4 nitrogen and oxygen atoms in total. The predicted octanol–water partition coefficient (Wildman–Crippen LogP) is 4.84. The number of hydrogen-bond acceptors (Lipinski definition) is 3. The van der Waals surface area contributed by atoms with Crippen molar-refractivity contribution in [1.82, 2.24) is 5.32 Å². The van der Waals surface area contributed by atoms with Crippen LogP contribution < -0.4 is 10.6 Å². The fraction of sp³-hybridized carbons (Fsp3) is 0.583. The van der Waals surface area contributed by atoms with Crippen LogP contribution in [0.15, 0.2) is 30.0 Å². The molecule has 0 heterocycles. The molecule has 1 aromatic rings. The summed E-state index contributed by atoms with van der Waals surface area (Å²) in [4.78, 5) is 12.8. The highest BCUT2D eigenvalue weighted by Gasteiger charge is 2.53. The van der Waals surface area contributed by atoms with Crippen LogP contribution in [0.2, 0.25) is 0 Å². The Morgan fingerprint density at radius 3 is 2.29 bits per heavy atom. The average Bonchev–Trinajstić information content (AvgIpc) is 2.64. The van der Waals surface area contributed by atoms with Crippen LogP contribution in [0.4, 0.5) is 5.69 Å². The Morgan fingerprint density at radius 1 is 1.14 bits per heavy atom. The van der Waals surface area contributed by atoms with E-state index in [-0.39, 0.29) is 22.9 Å². The van der Waals surface area contributed by atoms with Crippen molar-refractivity contribution in [2.75, 3.05) is 5.32 Å². The van der Waals surface area contributed by atoms with Crippen LogP contribution in [-0.2, 0) is 4.79 Å². The van der Waals surface area contributed by atoms with Gasteiger partial charge in [0.1, 0.15) is 11.6 Å². The van der Waals surface area contributed by atoms with Gasteiger partial charge in [-0.2, -0.15) is 5.26 Å². The molecule has 1 unspecified atom stereocenters. The molecule has 28 heavy (non-hydrogen) atoms. The third kappa shape index (κ3) is 3.55. The smallest absolute Gasteiger partial charge is 0.263 e. The van der Waals surface area contributed by atoms with Gasteiger partial charge >= 0.3 is 0 Å². The first-order valence-corrected chi connectivity index (χ1v) is 10.6. The summed E-state index contributed by atoms with van der Waals surface area (Å²) in [6.45, 7) is 6.26. The lowest BCUT2D eigenvalue weighted by Crippen LogP contribution is -2.56. The molecule has 1 atom stereocenters. The molecular formula is C24H31N3O. The lowest BCUT2D eigenvalue weighted by molar-refractivity contribution is -0.122. The molecule has 5 rings (SSSR count). The van der Waals surface area contributed by atoms with Gasteiger partial charge in [0.05, 0.1) is 0 Å². The highest BCUT2D eigenvalue weighted by Crippen LogP contribution is 2.61. The first-order chi connectivity index (χ1) is 13.4. The number of carbonyl (C=O) groups is 1. The van der Waals surface area contributed by atoms with Crippen LogP contribution in [-0.4, -0.2) is 11.9 Å². The Kier molecular flexibility index (Phi) is 4.95. The largest absolute Gasteiger partial charge is 0.360 e. The molecule has 0 aromatic heterocycles. The van der Waals surface area contributed by atoms with Crippen molar-refractivity contribution in [1.29, 1.82) is 5.26 Å². The molecule has 4 heteroatoms. The third-order valence-electron chi connectivity index (χ3n) is 7.61. The predicted molar refractivity (Wildman–Crippen MR) is 111 cm³/mol. The van der Waals surface area contributed by atoms with Gasteiger partial charge in [-0.05, 0) is 106 Å². The zero-order valence-electron chi connectivity index (χ0n) is 17.2. The van der Waals surface area contributed by atoms with Gasteiger partial charge in [0.2, 0.25) is 0 Å². The topological polar surface area (TPSA) is 64.9 Å². The molecule has 148 valence electrons. The van der Waals surface area contributed by atoms with E-state index in [1.807, 2.05) is 18.2 Å². The molecular weight excluding hydrogens is 346 g/mol. The van der Waals surface area contributed by atoms with Crippen LogP contribution in [0.3, 0.4) is 0 Å². The second-order valence-corrected chi connectivity index (χ2v) is 9.59. The minimum atomic E-state index is -0.262. The zero-order chi connectivity index (χ0) is 19.9. The van der Waals surface area contributed by atoms with E-state index in [2.05, 4.69) is 37.5 Å². The van der Waals surface area contributed by atoms with Gasteiger partial charge in [-0.25, -0.2) is 0 Å². The van der Waals surface area contributed by atoms with E-state index in [1.54, 1.807) is 0 Å². The van der Waals surface area contributed by atoms with Crippen molar-refractivity contribution >= 4 is 11.6 Å². The van der Waals surface area contributed by atoms with E-state index in [1.165, 1.54) is 55.9 Å². The summed E-state index contributed by atoms with van der Waals surface area (Å²) < 4.78 is 0. The molecule has 0 aliphatic heterocycles. The number of nitrogens with one attached hydrogen (secondary N) is 2. The van der Waals surface area contributed by atoms with Crippen LogP contribution in [0.5, 0.6) is 0 Å². The van der Waals surface area contributed by atoms with Crippen LogP contribution in [0.25, 0.3) is 0 Å². The number of hydrogen-bond donors (Lipinski definition) is 2. The number of amides is 1. The van der Waals surface area contributed by atoms with Crippen molar-refractivity contribution in [2.45, 2.75) is 65.3 Å². The van der Waals surface area contributed by atoms with Crippen LogP contribution in [0, 0.1) is 48.3 Å². The van der Waals surface area contributed by atoms with Gasteiger partial charge in [-0.1, -0.05) is 6.07 Å². The lowest BCUT2D eigenvalue weighted by Gasteiger charge is -2.59. The van der Waals surface area contributed by atoms with Gasteiger partial charge in [-0.15, -0.1) is 0 Å². The Balaban J connectivity index is 1.43. The minimum Gasteiger partial charge on any atom is -0.360 e. The van der Waals surface area contributed by atoms with Crippen molar-refractivity contribution in [3.63, 3.8) is 0 Å². The number of benzene rings is 1. The Morgan fingerprint density at radius 2 is 1.75 bits per heavy atom. The molecule has 4 bridgehead atoms. The van der Waals surface area contributed by atoms with Crippen molar-refractivity contribution in [2.24, 2.45) is 23.2 Å². The number of carbonyl (C=O) groups excluding carboxylic acids is 1. The van der Waals surface area contributed by atoms with E-state index in [4.69, 9.17) is 0 Å².